The summed E-state index contributed by atoms with van der Waals surface area (Å²) < 4.78 is 37.7. The fourth-order valence-corrected chi connectivity index (χ4v) is 4.13. The van der Waals surface area contributed by atoms with Crippen molar-refractivity contribution in [3.05, 3.63) is 45.6 Å². The molecule has 0 saturated carbocycles. The van der Waals surface area contributed by atoms with Crippen LogP contribution < -0.4 is 10.0 Å². The number of carbonyl (C=O) groups excluding carboxylic acids is 1. The van der Waals surface area contributed by atoms with Gasteiger partial charge < -0.3 is 9.47 Å². The molecule has 0 radical (unpaired) electrons. The molecule has 0 spiro atoms. The van der Waals surface area contributed by atoms with Crippen LogP contribution in [0.25, 0.3) is 0 Å². The second kappa shape index (κ2) is 8.63. The molecule has 0 aliphatic heterocycles. The summed E-state index contributed by atoms with van der Waals surface area (Å²) in [5, 5.41) is 2.45. The molecule has 1 aromatic carbocycles. The predicted octanol–water partition coefficient (Wildman–Crippen LogP) is 3.25. The van der Waals surface area contributed by atoms with E-state index in [-0.39, 0.29) is 11.4 Å². The van der Waals surface area contributed by atoms with Crippen molar-refractivity contribution in [3.63, 3.8) is 0 Å². The number of anilines is 1. The van der Waals surface area contributed by atoms with Crippen LogP contribution in [0.1, 0.15) is 11.0 Å². The molecular weight excluding hydrogens is 388 g/mol. The zero-order valence-corrected chi connectivity index (χ0v) is 15.9. The summed E-state index contributed by atoms with van der Waals surface area (Å²) in [6, 6.07) is 9.24. The molecule has 25 heavy (non-hydrogen) atoms. The van der Waals surface area contributed by atoms with Gasteiger partial charge in [0, 0.05) is 24.2 Å². The Balaban J connectivity index is 2.04. The number of benzene rings is 1. The number of rotatable bonds is 7. The van der Waals surface area contributed by atoms with Crippen molar-refractivity contribution < 1.29 is 22.7 Å². The number of thiophene rings is 1. The van der Waals surface area contributed by atoms with Gasteiger partial charge in [0.25, 0.3) is 0 Å². The lowest BCUT2D eigenvalue weighted by molar-refractivity contribution is 0.110. The largest absolute Gasteiger partial charge is 0.453 e. The SMILES string of the molecule is COC(=O)Nc1ccc(S(=O)(=O)NCC(OC)c2ccc(Cl)s2)cc1. The molecule has 0 saturated heterocycles. The van der Waals surface area contributed by atoms with E-state index in [1.54, 1.807) is 12.1 Å². The van der Waals surface area contributed by atoms with Crippen LogP contribution in [0, 0.1) is 0 Å². The molecule has 1 amide bonds. The van der Waals surface area contributed by atoms with Gasteiger partial charge in [-0.1, -0.05) is 11.6 Å². The average molecular weight is 405 g/mol. The highest BCUT2D eigenvalue weighted by Gasteiger charge is 2.19. The minimum absolute atomic E-state index is 0.0673. The zero-order valence-electron chi connectivity index (χ0n) is 13.5. The Labute approximate surface area is 155 Å². The van der Waals surface area contributed by atoms with Crippen LogP contribution in [-0.2, 0) is 19.5 Å². The Morgan fingerprint density at radius 1 is 1.20 bits per heavy atom. The number of methoxy groups -OCH3 is 2. The van der Waals surface area contributed by atoms with Crippen LogP contribution in [-0.4, -0.2) is 35.3 Å². The molecule has 0 bridgehead atoms. The van der Waals surface area contributed by atoms with Crippen LogP contribution in [0.3, 0.4) is 0 Å². The first kappa shape index (κ1) is 19.7. The van der Waals surface area contributed by atoms with E-state index in [1.165, 1.54) is 49.8 Å². The number of carbonyl (C=O) groups is 1. The molecule has 1 unspecified atom stereocenters. The number of amides is 1. The lowest BCUT2D eigenvalue weighted by Gasteiger charge is -2.15. The smallest absolute Gasteiger partial charge is 0.411 e. The third kappa shape index (κ3) is 5.41. The van der Waals surface area contributed by atoms with Gasteiger partial charge in [-0.25, -0.2) is 17.9 Å². The van der Waals surface area contributed by atoms with E-state index in [1.807, 2.05) is 0 Å². The number of ether oxygens (including phenoxy) is 2. The first-order chi connectivity index (χ1) is 11.9. The Kier molecular flexibility index (Phi) is 6.79. The number of nitrogens with one attached hydrogen (secondary N) is 2. The Morgan fingerprint density at radius 2 is 1.88 bits per heavy atom. The van der Waals surface area contributed by atoms with E-state index in [4.69, 9.17) is 16.3 Å². The molecule has 136 valence electrons. The Bertz CT molecular complexity index is 821. The quantitative estimate of drug-likeness (QED) is 0.738. The van der Waals surface area contributed by atoms with Gasteiger partial charge >= 0.3 is 6.09 Å². The van der Waals surface area contributed by atoms with Crippen LogP contribution in [0.2, 0.25) is 4.34 Å². The first-order valence-electron chi connectivity index (χ1n) is 7.08. The van der Waals surface area contributed by atoms with E-state index in [0.717, 1.165) is 4.88 Å². The number of hydrogen-bond donors (Lipinski definition) is 2. The molecule has 0 aliphatic carbocycles. The van der Waals surface area contributed by atoms with Gasteiger partial charge in [0.05, 0.1) is 16.3 Å². The van der Waals surface area contributed by atoms with Crippen molar-refractivity contribution >= 4 is 44.7 Å². The third-order valence-corrected chi connectivity index (χ3v) is 6.01. The van der Waals surface area contributed by atoms with Crippen molar-refractivity contribution in [3.8, 4) is 0 Å². The van der Waals surface area contributed by atoms with Crippen LogP contribution in [0.5, 0.6) is 0 Å². The van der Waals surface area contributed by atoms with Crippen molar-refractivity contribution in [2.45, 2.75) is 11.0 Å². The predicted molar refractivity (Wildman–Crippen MR) is 96.7 cm³/mol. The van der Waals surface area contributed by atoms with Crippen LogP contribution in [0.4, 0.5) is 10.5 Å². The lowest BCUT2D eigenvalue weighted by atomic mass is 10.3. The third-order valence-electron chi connectivity index (χ3n) is 3.25. The molecule has 1 atom stereocenters. The molecule has 2 rings (SSSR count). The summed E-state index contributed by atoms with van der Waals surface area (Å²) in [6.07, 6.45) is -1.07. The maximum Gasteiger partial charge on any atom is 0.411 e. The summed E-state index contributed by atoms with van der Waals surface area (Å²) in [4.78, 5) is 12.0. The molecule has 7 nitrogen and oxygen atoms in total. The summed E-state index contributed by atoms with van der Waals surface area (Å²) in [5.41, 5.74) is 0.425. The monoisotopic (exact) mass is 404 g/mol. The van der Waals surface area contributed by atoms with Crippen molar-refractivity contribution in [2.75, 3.05) is 26.1 Å². The summed E-state index contributed by atoms with van der Waals surface area (Å²) in [6.45, 7) is 0.0673. The van der Waals surface area contributed by atoms with Crippen molar-refractivity contribution in [1.82, 2.24) is 4.72 Å². The molecular formula is C15H17ClN2O5S2. The lowest BCUT2D eigenvalue weighted by Crippen LogP contribution is -2.29. The van der Waals surface area contributed by atoms with Crippen LogP contribution >= 0.6 is 22.9 Å². The minimum atomic E-state index is -3.72. The second-order valence-corrected chi connectivity index (χ2v) is 8.37. The second-order valence-electron chi connectivity index (χ2n) is 4.86. The van der Waals surface area contributed by atoms with Gasteiger partial charge in [-0.2, -0.15) is 0 Å². The van der Waals surface area contributed by atoms with E-state index in [2.05, 4.69) is 14.8 Å². The topological polar surface area (TPSA) is 93.7 Å². The minimum Gasteiger partial charge on any atom is -0.453 e. The van der Waals surface area contributed by atoms with Gasteiger partial charge in [0.1, 0.15) is 6.10 Å². The van der Waals surface area contributed by atoms with Gasteiger partial charge in [-0.05, 0) is 36.4 Å². The molecule has 0 fully saturated rings. The highest BCUT2D eigenvalue weighted by atomic mass is 35.5. The fraction of sp³-hybridized carbons (Fsp3) is 0.267. The Morgan fingerprint density at radius 3 is 2.40 bits per heavy atom. The molecule has 0 aliphatic rings. The van der Waals surface area contributed by atoms with E-state index in [0.29, 0.717) is 10.0 Å². The molecule has 2 N–H and O–H groups in total. The Hall–Kier alpha value is -1.65. The first-order valence-corrected chi connectivity index (χ1v) is 9.76. The zero-order chi connectivity index (χ0) is 18.4. The standard InChI is InChI=1S/C15H17ClN2O5S2/c1-22-12(13-7-8-14(16)24-13)9-17-25(20,21)11-5-3-10(4-6-11)18-15(19)23-2/h3-8,12,17H,9H2,1-2H3,(H,18,19). The van der Waals surface area contributed by atoms with E-state index in [9.17, 15) is 13.2 Å². The van der Waals surface area contributed by atoms with Gasteiger partial charge in [0.2, 0.25) is 10.0 Å². The molecule has 2 aromatic rings. The van der Waals surface area contributed by atoms with Crippen LogP contribution in [0.15, 0.2) is 41.3 Å². The van der Waals surface area contributed by atoms with E-state index < -0.39 is 22.2 Å². The van der Waals surface area contributed by atoms with E-state index >= 15 is 0 Å². The summed E-state index contributed by atoms with van der Waals surface area (Å²) in [7, 11) is -0.979. The maximum atomic E-state index is 12.4. The van der Waals surface area contributed by atoms with Gasteiger partial charge in [-0.15, -0.1) is 11.3 Å². The molecule has 10 heteroatoms. The molecule has 1 aromatic heterocycles. The normalized spacial score (nSPS) is 12.6. The molecule has 1 heterocycles. The fourth-order valence-electron chi connectivity index (χ4n) is 1.96. The average Bonchev–Trinajstić information content (AvgIpc) is 3.02. The van der Waals surface area contributed by atoms with Crippen molar-refractivity contribution in [1.29, 1.82) is 0 Å². The van der Waals surface area contributed by atoms with Crippen molar-refractivity contribution in [2.24, 2.45) is 0 Å². The summed E-state index contributed by atoms with van der Waals surface area (Å²) in [5.74, 6) is 0. The number of halogens is 1. The van der Waals surface area contributed by atoms with Gasteiger partial charge in [0.15, 0.2) is 0 Å². The number of hydrogen-bond acceptors (Lipinski definition) is 6. The highest BCUT2D eigenvalue weighted by Crippen LogP contribution is 2.28. The van der Waals surface area contributed by atoms with Gasteiger partial charge in [-0.3, -0.25) is 5.32 Å². The maximum absolute atomic E-state index is 12.4. The number of sulfonamides is 1. The summed E-state index contributed by atoms with van der Waals surface area (Å²) >= 11 is 7.22. The highest BCUT2D eigenvalue weighted by molar-refractivity contribution is 7.89.